The molecule has 0 saturated heterocycles. The SMILES string of the molecule is CCCC(C)N(C)C(=O)CC#N. The normalized spacial score (nSPS) is 11.8. The van der Waals surface area contributed by atoms with Gasteiger partial charge in [0.05, 0.1) is 6.07 Å². The Bertz CT molecular complexity index is 183. The zero-order chi connectivity index (χ0) is 9.56. The molecule has 0 rings (SSSR count). The molecule has 0 aliphatic carbocycles. The predicted molar refractivity (Wildman–Crippen MR) is 47.4 cm³/mol. The molecule has 0 N–H and O–H groups in total. The van der Waals surface area contributed by atoms with Gasteiger partial charge in [0.25, 0.3) is 0 Å². The van der Waals surface area contributed by atoms with E-state index in [2.05, 4.69) is 6.92 Å². The lowest BCUT2D eigenvalue weighted by molar-refractivity contribution is -0.130. The van der Waals surface area contributed by atoms with Gasteiger partial charge in [0, 0.05) is 13.1 Å². The summed E-state index contributed by atoms with van der Waals surface area (Å²) in [5.41, 5.74) is 0. The lowest BCUT2D eigenvalue weighted by Crippen LogP contribution is -2.34. The van der Waals surface area contributed by atoms with Crippen molar-refractivity contribution in [3.05, 3.63) is 0 Å². The molecule has 1 atom stereocenters. The fourth-order valence-corrected chi connectivity index (χ4v) is 1.05. The summed E-state index contributed by atoms with van der Waals surface area (Å²) < 4.78 is 0. The van der Waals surface area contributed by atoms with Gasteiger partial charge in [-0.05, 0) is 13.3 Å². The number of carbonyl (C=O) groups is 1. The first-order valence-electron chi connectivity index (χ1n) is 4.26. The Morgan fingerprint density at radius 1 is 1.67 bits per heavy atom. The highest BCUT2D eigenvalue weighted by Crippen LogP contribution is 2.04. The van der Waals surface area contributed by atoms with Crippen LogP contribution in [0.5, 0.6) is 0 Å². The Morgan fingerprint density at radius 3 is 2.67 bits per heavy atom. The molecule has 0 aromatic rings. The summed E-state index contributed by atoms with van der Waals surface area (Å²) in [5.74, 6) is -0.0848. The molecule has 1 amide bonds. The number of nitriles is 1. The van der Waals surface area contributed by atoms with E-state index in [0.29, 0.717) is 0 Å². The van der Waals surface area contributed by atoms with Gasteiger partial charge < -0.3 is 4.90 Å². The zero-order valence-corrected chi connectivity index (χ0v) is 8.00. The summed E-state index contributed by atoms with van der Waals surface area (Å²) in [6.45, 7) is 4.08. The summed E-state index contributed by atoms with van der Waals surface area (Å²) in [6, 6.07) is 2.10. The summed E-state index contributed by atoms with van der Waals surface area (Å²) in [4.78, 5) is 12.8. The fourth-order valence-electron chi connectivity index (χ4n) is 1.05. The standard InChI is InChI=1S/C9H16N2O/c1-4-5-8(2)11(3)9(12)6-7-10/h8H,4-6H2,1-3H3. The fraction of sp³-hybridized carbons (Fsp3) is 0.778. The first-order valence-corrected chi connectivity index (χ1v) is 4.26. The number of nitrogens with zero attached hydrogens (tertiary/aromatic N) is 2. The minimum atomic E-state index is -0.0848. The van der Waals surface area contributed by atoms with E-state index in [1.165, 1.54) is 0 Å². The first kappa shape index (κ1) is 11.0. The van der Waals surface area contributed by atoms with Gasteiger partial charge in [-0.15, -0.1) is 0 Å². The summed E-state index contributed by atoms with van der Waals surface area (Å²) >= 11 is 0. The quantitative estimate of drug-likeness (QED) is 0.639. The molecule has 68 valence electrons. The topological polar surface area (TPSA) is 44.1 Å². The Labute approximate surface area is 74.0 Å². The lowest BCUT2D eigenvalue weighted by atomic mass is 10.1. The molecule has 12 heavy (non-hydrogen) atoms. The largest absolute Gasteiger partial charge is 0.342 e. The molecule has 0 radical (unpaired) electrons. The van der Waals surface area contributed by atoms with Crippen LogP contribution in [0.4, 0.5) is 0 Å². The number of rotatable bonds is 4. The number of carbonyl (C=O) groups excluding carboxylic acids is 1. The molecule has 3 heteroatoms. The van der Waals surface area contributed by atoms with Gasteiger partial charge in [0.15, 0.2) is 0 Å². The van der Waals surface area contributed by atoms with E-state index in [0.717, 1.165) is 12.8 Å². The molecule has 0 aromatic carbocycles. The third kappa shape index (κ3) is 3.38. The third-order valence-electron chi connectivity index (χ3n) is 1.99. The number of hydrogen-bond donors (Lipinski definition) is 0. The number of amides is 1. The second-order valence-electron chi connectivity index (χ2n) is 2.98. The lowest BCUT2D eigenvalue weighted by Gasteiger charge is -2.23. The van der Waals surface area contributed by atoms with Gasteiger partial charge in [-0.2, -0.15) is 5.26 Å². The summed E-state index contributed by atoms with van der Waals surface area (Å²) in [6.07, 6.45) is 2.05. The molecule has 3 nitrogen and oxygen atoms in total. The molecular formula is C9H16N2O. The highest BCUT2D eigenvalue weighted by Gasteiger charge is 2.13. The van der Waals surface area contributed by atoms with Crippen LogP contribution in [0.2, 0.25) is 0 Å². The van der Waals surface area contributed by atoms with E-state index in [-0.39, 0.29) is 18.4 Å². The molecular weight excluding hydrogens is 152 g/mol. The molecule has 0 aliphatic rings. The van der Waals surface area contributed by atoms with Gasteiger partial charge in [-0.3, -0.25) is 4.79 Å². The zero-order valence-electron chi connectivity index (χ0n) is 8.00. The Morgan fingerprint density at radius 2 is 2.25 bits per heavy atom. The first-order chi connectivity index (χ1) is 5.63. The van der Waals surface area contributed by atoms with Crippen LogP contribution in [0.1, 0.15) is 33.1 Å². The molecule has 0 bridgehead atoms. The van der Waals surface area contributed by atoms with Crippen molar-refractivity contribution < 1.29 is 4.79 Å². The Balaban J connectivity index is 3.92. The van der Waals surface area contributed by atoms with Crippen molar-refractivity contribution in [2.24, 2.45) is 0 Å². The van der Waals surface area contributed by atoms with Crippen LogP contribution in [-0.2, 0) is 4.79 Å². The van der Waals surface area contributed by atoms with Gasteiger partial charge in [-0.1, -0.05) is 13.3 Å². The molecule has 0 fully saturated rings. The molecule has 1 unspecified atom stereocenters. The van der Waals surface area contributed by atoms with Gasteiger partial charge in [-0.25, -0.2) is 0 Å². The van der Waals surface area contributed by atoms with Crippen LogP contribution in [0.25, 0.3) is 0 Å². The van der Waals surface area contributed by atoms with Crippen molar-refractivity contribution in [3.8, 4) is 6.07 Å². The van der Waals surface area contributed by atoms with Gasteiger partial charge in [0.1, 0.15) is 6.42 Å². The molecule has 0 aromatic heterocycles. The Kier molecular flexibility index (Phi) is 5.11. The van der Waals surface area contributed by atoms with Crippen molar-refractivity contribution in [3.63, 3.8) is 0 Å². The van der Waals surface area contributed by atoms with Crippen LogP contribution >= 0.6 is 0 Å². The van der Waals surface area contributed by atoms with E-state index in [1.807, 2.05) is 13.0 Å². The summed E-state index contributed by atoms with van der Waals surface area (Å²) in [5, 5.41) is 8.30. The maximum Gasteiger partial charge on any atom is 0.236 e. The third-order valence-corrected chi connectivity index (χ3v) is 1.99. The van der Waals surface area contributed by atoms with Crippen LogP contribution in [0.3, 0.4) is 0 Å². The number of hydrogen-bond acceptors (Lipinski definition) is 2. The molecule has 0 heterocycles. The second-order valence-corrected chi connectivity index (χ2v) is 2.98. The van der Waals surface area contributed by atoms with E-state index < -0.39 is 0 Å². The van der Waals surface area contributed by atoms with Crippen molar-refractivity contribution in [2.75, 3.05) is 7.05 Å². The van der Waals surface area contributed by atoms with Crippen molar-refractivity contribution >= 4 is 5.91 Å². The van der Waals surface area contributed by atoms with E-state index in [4.69, 9.17) is 5.26 Å². The van der Waals surface area contributed by atoms with Gasteiger partial charge in [0.2, 0.25) is 5.91 Å². The molecule has 0 spiro atoms. The minimum absolute atomic E-state index is 0.00937. The highest BCUT2D eigenvalue weighted by molar-refractivity contribution is 5.78. The smallest absolute Gasteiger partial charge is 0.236 e. The van der Waals surface area contributed by atoms with Crippen molar-refractivity contribution in [1.82, 2.24) is 4.90 Å². The Hall–Kier alpha value is -1.04. The minimum Gasteiger partial charge on any atom is -0.342 e. The van der Waals surface area contributed by atoms with Gasteiger partial charge >= 0.3 is 0 Å². The highest BCUT2D eigenvalue weighted by atomic mass is 16.2. The van der Waals surface area contributed by atoms with Crippen LogP contribution in [0.15, 0.2) is 0 Å². The molecule has 0 aliphatic heterocycles. The summed E-state index contributed by atoms with van der Waals surface area (Å²) in [7, 11) is 1.75. The monoisotopic (exact) mass is 168 g/mol. The van der Waals surface area contributed by atoms with Crippen molar-refractivity contribution in [1.29, 1.82) is 5.26 Å². The maximum atomic E-state index is 11.2. The molecule has 0 saturated carbocycles. The van der Waals surface area contributed by atoms with E-state index >= 15 is 0 Å². The maximum absolute atomic E-state index is 11.2. The van der Waals surface area contributed by atoms with Crippen LogP contribution in [0, 0.1) is 11.3 Å². The van der Waals surface area contributed by atoms with E-state index in [1.54, 1.807) is 11.9 Å². The average Bonchev–Trinajstić information content (AvgIpc) is 2.04. The van der Waals surface area contributed by atoms with Crippen LogP contribution < -0.4 is 0 Å². The van der Waals surface area contributed by atoms with Crippen molar-refractivity contribution in [2.45, 2.75) is 39.2 Å². The predicted octanol–water partition coefficient (Wildman–Crippen LogP) is 1.55. The van der Waals surface area contributed by atoms with Crippen LogP contribution in [-0.4, -0.2) is 23.9 Å². The van der Waals surface area contributed by atoms with E-state index in [9.17, 15) is 4.79 Å². The average molecular weight is 168 g/mol. The second kappa shape index (κ2) is 5.59.